The third-order valence-corrected chi connectivity index (χ3v) is 3.35. The molecule has 2 rings (SSSR count). The molecule has 0 saturated heterocycles. The Labute approximate surface area is 123 Å². The predicted molar refractivity (Wildman–Crippen MR) is 79.4 cm³/mol. The van der Waals surface area contributed by atoms with Crippen molar-refractivity contribution in [1.82, 2.24) is 4.98 Å². The van der Waals surface area contributed by atoms with Crippen LogP contribution in [0.15, 0.2) is 36.7 Å². The van der Waals surface area contributed by atoms with Crippen molar-refractivity contribution in [3.63, 3.8) is 0 Å². The number of nitrogens with two attached hydrogens (primary N) is 1. The first kappa shape index (κ1) is 14.6. The van der Waals surface area contributed by atoms with Crippen molar-refractivity contribution in [1.29, 1.82) is 0 Å². The van der Waals surface area contributed by atoms with Crippen LogP contribution in [0.2, 0.25) is 5.02 Å². The Kier molecular flexibility index (Phi) is 4.82. The number of benzene rings is 1. The van der Waals surface area contributed by atoms with Crippen molar-refractivity contribution >= 4 is 11.6 Å². The second-order valence-electron chi connectivity index (χ2n) is 4.38. The van der Waals surface area contributed by atoms with Crippen molar-refractivity contribution in [3.8, 4) is 11.5 Å². The van der Waals surface area contributed by atoms with Crippen LogP contribution in [0.1, 0.15) is 17.2 Å². The van der Waals surface area contributed by atoms with E-state index in [0.717, 1.165) is 16.9 Å². The fraction of sp³-hybridized carbons (Fsp3) is 0.267. The molecule has 2 aromatic rings. The van der Waals surface area contributed by atoms with Crippen LogP contribution in [-0.2, 0) is 6.42 Å². The molecule has 106 valence electrons. The smallest absolute Gasteiger partial charge is 0.141 e. The normalized spacial score (nSPS) is 12.0. The summed E-state index contributed by atoms with van der Waals surface area (Å²) in [6.45, 7) is 0. The zero-order chi connectivity index (χ0) is 14.5. The lowest BCUT2D eigenvalue weighted by atomic mass is 9.99. The number of nitrogens with zero attached hydrogens (tertiary/aromatic N) is 1. The Bertz CT molecular complexity index is 590. The fourth-order valence-corrected chi connectivity index (χ4v) is 2.32. The molecule has 1 unspecified atom stereocenters. The molecule has 1 atom stereocenters. The third-order valence-electron chi connectivity index (χ3n) is 3.12. The Morgan fingerprint density at radius 1 is 1.20 bits per heavy atom. The van der Waals surface area contributed by atoms with Gasteiger partial charge in [0.25, 0.3) is 0 Å². The fourth-order valence-electron chi connectivity index (χ4n) is 2.12. The van der Waals surface area contributed by atoms with Gasteiger partial charge in [-0.25, -0.2) is 0 Å². The monoisotopic (exact) mass is 292 g/mol. The topological polar surface area (TPSA) is 57.4 Å². The van der Waals surface area contributed by atoms with E-state index in [1.165, 1.54) is 0 Å². The van der Waals surface area contributed by atoms with Crippen LogP contribution in [-0.4, -0.2) is 19.2 Å². The summed E-state index contributed by atoms with van der Waals surface area (Å²) in [6, 6.07) is 7.14. The number of hydrogen-bond donors (Lipinski definition) is 1. The van der Waals surface area contributed by atoms with Gasteiger partial charge in [0.15, 0.2) is 0 Å². The van der Waals surface area contributed by atoms with E-state index in [0.29, 0.717) is 17.2 Å². The lowest BCUT2D eigenvalue weighted by Crippen LogP contribution is -2.15. The first-order valence-corrected chi connectivity index (χ1v) is 6.59. The summed E-state index contributed by atoms with van der Waals surface area (Å²) in [4.78, 5) is 4.03. The number of halogens is 1. The quantitative estimate of drug-likeness (QED) is 0.920. The van der Waals surface area contributed by atoms with E-state index in [2.05, 4.69) is 4.98 Å². The molecule has 0 aliphatic heterocycles. The summed E-state index contributed by atoms with van der Waals surface area (Å²) in [5.41, 5.74) is 8.14. The molecule has 1 heterocycles. The number of rotatable bonds is 5. The second kappa shape index (κ2) is 6.59. The zero-order valence-corrected chi connectivity index (χ0v) is 12.2. The van der Waals surface area contributed by atoms with Gasteiger partial charge in [-0.2, -0.15) is 0 Å². The highest BCUT2D eigenvalue weighted by Gasteiger charge is 2.15. The van der Waals surface area contributed by atoms with Crippen LogP contribution in [0, 0.1) is 0 Å². The van der Waals surface area contributed by atoms with Gasteiger partial charge in [-0.3, -0.25) is 4.98 Å². The van der Waals surface area contributed by atoms with Crippen LogP contribution in [0.4, 0.5) is 0 Å². The van der Waals surface area contributed by atoms with Gasteiger partial charge < -0.3 is 15.2 Å². The van der Waals surface area contributed by atoms with Gasteiger partial charge in [-0.15, -0.1) is 0 Å². The van der Waals surface area contributed by atoms with Crippen molar-refractivity contribution in [2.75, 3.05) is 14.2 Å². The molecule has 4 nitrogen and oxygen atoms in total. The van der Waals surface area contributed by atoms with Gasteiger partial charge in [0.2, 0.25) is 0 Å². The molecule has 0 aliphatic carbocycles. The van der Waals surface area contributed by atoms with Gasteiger partial charge in [0, 0.05) is 22.8 Å². The van der Waals surface area contributed by atoms with Gasteiger partial charge in [0.05, 0.1) is 20.4 Å². The molecule has 0 radical (unpaired) electrons. The average molecular weight is 293 g/mol. The molecule has 1 aromatic carbocycles. The maximum Gasteiger partial charge on any atom is 0.141 e. The number of ether oxygens (including phenoxy) is 2. The summed E-state index contributed by atoms with van der Waals surface area (Å²) in [6.07, 6.45) is 3.96. The second-order valence-corrected chi connectivity index (χ2v) is 4.82. The maximum absolute atomic E-state index is 6.27. The first-order chi connectivity index (χ1) is 9.65. The molecule has 0 amide bonds. The van der Waals surface area contributed by atoms with Crippen LogP contribution >= 0.6 is 11.6 Å². The zero-order valence-electron chi connectivity index (χ0n) is 11.5. The summed E-state index contributed by atoms with van der Waals surface area (Å²) in [5.74, 6) is 1.46. The highest BCUT2D eigenvalue weighted by Crippen LogP contribution is 2.29. The molecule has 1 aromatic heterocycles. The minimum absolute atomic E-state index is 0.222. The van der Waals surface area contributed by atoms with E-state index < -0.39 is 0 Å². The van der Waals surface area contributed by atoms with E-state index in [-0.39, 0.29) is 6.04 Å². The van der Waals surface area contributed by atoms with E-state index in [9.17, 15) is 0 Å². The number of pyridine rings is 1. The average Bonchev–Trinajstić information content (AvgIpc) is 2.47. The summed E-state index contributed by atoms with van der Waals surface area (Å²) in [7, 11) is 3.23. The molecular weight excluding hydrogens is 276 g/mol. The van der Waals surface area contributed by atoms with E-state index in [4.69, 9.17) is 26.8 Å². The lowest BCUT2D eigenvalue weighted by molar-refractivity contribution is 0.399. The number of hydrogen-bond acceptors (Lipinski definition) is 4. The Balaban J connectivity index is 2.27. The molecule has 0 saturated carbocycles. The first-order valence-electron chi connectivity index (χ1n) is 6.21. The SMILES string of the molecule is COc1ccc(Cl)cc1CC(N)c1ccncc1OC. The summed E-state index contributed by atoms with van der Waals surface area (Å²) >= 11 is 6.03. The Hall–Kier alpha value is -1.78. The minimum atomic E-state index is -0.222. The molecule has 0 spiro atoms. The van der Waals surface area contributed by atoms with Gasteiger partial charge in [0.1, 0.15) is 11.5 Å². The van der Waals surface area contributed by atoms with Gasteiger partial charge in [-0.1, -0.05) is 11.6 Å². The lowest BCUT2D eigenvalue weighted by Gasteiger charge is -2.17. The molecule has 0 fully saturated rings. The molecular formula is C15H17ClN2O2. The van der Waals surface area contributed by atoms with Crippen molar-refractivity contribution < 1.29 is 9.47 Å². The summed E-state index contributed by atoms with van der Waals surface area (Å²) < 4.78 is 10.6. The third kappa shape index (κ3) is 3.21. The largest absolute Gasteiger partial charge is 0.496 e. The Morgan fingerprint density at radius 3 is 2.65 bits per heavy atom. The van der Waals surface area contributed by atoms with Crippen LogP contribution in [0.5, 0.6) is 11.5 Å². The Morgan fingerprint density at radius 2 is 1.95 bits per heavy atom. The van der Waals surface area contributed by atoms with Crippen LogP contribution < -0.4 is 15.2 Å². The van der Waals surface area contributed by atoms with Crippen LogP contribution in [0.25, 0.3) is 0 Å². The highest BCUT2D eigenvalue weighted by molar-refractivity contribution is 6.30. The maximum atomic E-state index is 6.27. The minimum Gasteiger partial charge on any atom is -0.496 e. The number of aromatic nitrogens is 1. The van der Waals surface area contributed by atoms with Gasteiger partial charge in [-0.05, 0) is 36.2 Å². The van der Waals surface area contributed by atoms with Crippen molar-refractivity contribution in [3.05, 3.63) is 52.8 Å². The van der Waals surface area contributed by atoms with E-state index >= 15 is 0 Å². The van der Waals surface area contributed by atoms with Crippen molar-refractivity contribution in [2.24, 2.45) is 5.73 Å². The standard InChI is InChI=1S/C15H17ClN2O2/c1-19-14-4-3-11(16)7-10(14)8-13(17)12-5-6-18-9-15(12)20-2/h3-7,9,13H,8,17H2,1-2H3. The molecule has 2 N–H and O–H groups in total. The van der Waals surface area contributed by atoms with Gasteiger partial charge >= 0.3 is 0 Å². The van der Waals surface area contributed by atoms with Crippen LogP contribution in [0.3, 0.4) is 0 Å². The molecule has 0 aliphatic rings. The van der Waals surface area contributed by atoms with E-state index in [1.54, 1.807) is 32.7 Å². The van der Waals surface area contributed by atoms with E-state index in [1.807, 2.05) is 18.2 Å². The molecule has 20 heavy (non-hydrogen) atoms. The molecule has 5 heteroatoms. The molecule has 0 bridgehead atoms. The predicted octanol–water partition coefficient (Wildman–Crippen LogP) is 2.99. The highest BCUT2D eigenvalue weighted by atomic mass is 35.5. The summed E-state index contributed by atoms with van der Waals surface area (Å²) in [5, 5.41) is 0.662. The number of methoxy groups -OCH3 is 2. The van der Waals surface area contributed by atoms with Crippen molar-refractivity contribution in [2.45, 2.75) is 12.5 Å².